The van der Waals surface area contributed by atoms with E-state index in [0.717, 1.165) is 5.57 Å². The molecule has 0 atom stereocenters. The smallest absolute Gasteiger partial charge is 0.192 e. The summed E-state index contributed by atoms with van der Waals surface area (Å²) < 4.78 is 6.01. The molecule has 0 heterocycles. The predicted molar refractivity (Wildman–Crippen MR) is 70.4 cm³/mol. The topological polar surface area (TPSA) is 9.23 Å². The van der Waals surface area contributed by atoms with Gasteiger partial charge in [0.2, 0.25) is 0 Å². The summed E-state index contributed by atoms with van der Waals surface area (Å²) in [5, 5.41) is 0.283. The van der Waals surface area contributed by atoms with Crippen molar-refractivity contribution in [1.82, 2.24) is 0 Å². The zero-order chi connectivity index (χ0) is 12.1. The molecule has 0 amide bonds. The van der Waals surface area contributed by atoms with Crippen LogP contribution in [-0.4, -0.2) is 14.9 Å². The van der Waals surface area contributed by atoms with Crippen molar-refractivity contribution < 1.29 is 4.43 Å². The Balaban J connectivity index is 4.27. The fraction of sp³-hybridized carbons (Fsp3) is 0.692. The maximum atomic E-state index is 6.01. The second-order valence-electron chi connectivity index (χ2n) is 5.33. The highest BCUT2D eigenvalue weighted by Gasteiger charge is 2.36. The summed E-state index contributed by atoms with van der Waals surface area (Å²) in [7, 11) is -1.59. The van der Waals surface area contributed by atoms with Crippen molar-refractivity contribution in [2.75, 3.05) is 6.61 Å². The third kappa shape index (κ3) is 5.20. The van der Waals surface area contributed by atoms with Crippen molar-refractivity contribution in [3.8, 4) is 11.8 Å². The largest absolute Gasteiger partial charge is 0.413 e. The lowest BCUT2D eigenvalue weighted by Crippen LogP contribution is -2.40. The van der Waals surface area contributed by atoms with Gasteiger partial charge in [0.25, 0.3) is 0 Å². The Morgan fingerprint density at radius 1 is 1.33 bits per heavy atom. The summed E-state index contributed by atoms with van der Waals surface area (Å²) in [4.78, 5) is 0. The molecule has 0 aromatic carbocycles. The highest BCUT2D eigenvalue weighted by molar-refractivity contribution is 6.74. The van der Waals surface area contributed by atoms with E-state index in [-0.39, 0.29) is 5.04 Å². The predicted octanol–water partition coefficient (Wildman–Crippen LogP) is 3.98. The lowest BCUT2D eigenvalue weighted by molar-refractivity contribution is 0.327. The van der Waals surface area contributed by atoms with Crippen molar-refractivity contribution >= 4 is 8.32 Å². The number of hydrogen-bond acceptors (Lipinski definition) is 1. The van der Waals surface area contributed by atoms with Crippen LogP contribution in [0.1, 0.15) is 34.6 Å². The molecule has 0 saturated heterocycles. The second kappa shape index (κ2) is 5.53. The van der Waals surface area contributed by atoms with Crippen LogP contribution in [0.25, 0.3) is 0 Å². The van der Waals surface area contributed by atoms with E-state index in [9.17, 15) is 0 Å². The lowest BCUT2D eigenvalue weighted by Gasteiger charge is -2.35. The molecule has 2 heteroatoms. The van der Waals surface area contributed by atoms with Gasteiger partial charge in [-0.15, -0.1) is 5.92 Å². The minimum atomic E-state index is -1.59. The van der Waals surface area contributed by atoms with Gasteiger partial charge >= 0.3 is 0 Å². The molecule has 0 N–H and O–H groups in total. The van der Waals surface area contributed by atoms with Gasteiger partial charge in [-0.25, -0.2) is 0 Å². The Morgan fingerprint density at radius 3 is 2.27 bits per heavy atom. The molecule has 0 rings (SSSR count). The van der Waals surface area contributed by atoms with Gasteiger partial charge in [0, 0.05) is 0 Å². The SMILES string of the molecule is CC#C/C(C)=C/CO[Si](C)(C)C(C)(C)C. The number of allylic oxidation sites excluding steroid dienone is 1. The Labute approximate surface area is 96.0 Å². The third-order valence-corrected chi connectivity index (χ3v) is 7.46. The quantitative estimate of drug-likeness (QED) is 0.520. The molecule has 15 heavy (non-hydrogen) atoms. The van der Waals surface area contributed by atoms with Gasteiger partial charge in [-0.05, 0) is 43.6 Å². The van der Waals surface area contributed by atoms with Crippen LogP contribution in [0, 0.1) is 11.8 Å². The Hall–Kier alpha value is -0.523. The monoisotopic (exact) mass is 224 g/mol. The maximum Gasteiger partial charge on any atom is 0.192 e. The first kappa shape index (κ1) is 14.5. The summed E-state index contributed by atoms with van der Waals surface area (Å²) in [5.41, 5.74) is 1.09. The fourth-order valence-corrected chi connectivity index (χ4v) is 1.77. The van der Waals surface area contributed by atoms with Crippen molar-refractivity contribution in [1.29, 1.82) is 0 Å². The molecule has 1 nitrogen and oxygen atoms in total. The summed E-state index contributed by atoms with van der Waals surface area (Å²) in [6.07, 6.45) is 2.07. The molecule has 0 aliphatic carbocycles. The minimum absolute atomic E-state index is 0.283. The van der Waals surface area contributed by atoms with Crippen molar-refractivity contribution in [2.24, 2.45) is 0 Å². The van der Waals surface area contributed by atoms with Crippen LogP contribution >= 0.6 is 0 Å². The molecule has 0 aromatic rings. The van der Waals surface area contributed by atoms with Gasteiger partial charge in [-0.2, -0.15) is 0 Å². The van der Waals surface area contributed by atoms with E-state index in [1.807, 2.05) is 13.8 Å². The van der Waals surface area contributed by atoms with Gasteiger partial charge in [0.15, 0.2) is 8.32 Å². The molecular weight excluding hydrogens is 200 g/mol. The maximum absolute atomic E-state index is 6.01. The van der Waals surface area contributed by atoms with Crippen LogP contribution < -0.4 is 0 Å². The highest BCUT2D eigenvalue weighted by Crippen LogP contribution is 2.36. The summed E-state index contributed by atoms with van der Waals surface area (Å²) in [6, 6.07) is 0. The normalized spacial score (nSPS) is 13.4. The number of hydrogen-bond donors (Lipinski definition) is 0. The Morgan fingerprint density at radius 2 is 1.87 bits per heavy atom. The number of rotatable bonds is 3. The van der Waals surface area contributed by atoms with Crippen LogP contribution in [0.5, 0.6) is 0 Å². The molecule has 86 valence electrons. The molecule has 0 aliphatic heterocycles. The van der Waals surface area contributed by atoms with Crippen LogP contribution in [0.2, 0.25) is 18.1 Å². The van der Waals surface area contributed by atoms with E-state index in [1.165, 1.54) is 0 Å². The van der Waals surface area contributed by atoms with Crippen LogP contribution in [0.3, 0.4) is 0 Å². The molecule has 0 aliphatic rings. The minimum Gasteiger partial charge on any atom is -0.413 e. The van der Waals surface area contributed by atoms with Gasteiger partial charge in [-0.1, -0.05) is 26.7 Å². The van der Waals surface area contributed by atoms with Gasteiger partial charge in [0.1, 0.15) is 0 Å². The Kier molecular flexibility index (Phi) is 5.34. The van der Waals surface area contributed by atoms with Crippen LogP contribution in [-0.2, 0) is 4.43 Å². The van der Waals surface area contributed by atoms with Gasteiger partial charge in [-0.3, -0.25) is 0 Å². The summed E-state index contributed by atoms with van der Waals surface area (Å²) >= 11 is 0. The highest BCUT2D eigenvalue weighted by atomic mass is 28.4. The summed E-state index contributed by atoms with van der Waals surface area (Å²) in [6.45, 7) is 15.9. The van der Waals surface area contributed by atoms with Crippen molar-refractivity contribution in [3.05, 3.63) is 11.6 Å². The first-order valence-electron chi connectivity index (χ1n) is 5.44. The third-order valence-electron chi connectivity index (χ3n) is 2.96. The first-order valence-corrected chi connectivity index (χ1v) is 8.35. The van der Waals surface area contributed by atoms with E-state index in [1.54, 1.807) is 0 Å². The first-order chi connectivity index (χ1) is 6.70. The molecule has 0 unspecified atom stereocenters. The standard InChI is InChI=1S/C13H24OSi/c1-8-9-12(2)10-11-14-15(6,7)13(3,4)5/h10H,11H2,1-7H3/b12-10+. The average molecular weight is 224 g/mol. The van der Waals surface area contributed by atoms with Gasteiger partial charge in [0.05, 0.1) is 6.61 Å². The van der Waals surface area contributed by atoms with E-state index in [0.29, 0.717) is 6.61 Å². The van der Waals surface area contributed by atoms with Crippen LogP contribution in [0.15, 0.2) is 11.6 Å². The summed E-state index contributed by atoms with van der Waals surface area (Å²) in [5.74, 6) is 5.90. The van der Waals surface area contributed by atoms with E-state index >= 15 is 0 Å². The van der Waals surface area contributed by atoms with E-state index < -0.39 is 8.32 Å². The second-order valence-corrected chi connectivity index (χ2v) is 10.1. The van der Waals surface area contributed by atoms with Crippen molar-refractivity contribution in [2.45, 2.75) is 52.8 Å². The lowest BCUT2D eigenvalue weighted by atomic mass is 10.2. The molecule has 0 fully saturated rings. The molecule has 0 radical (unpaired) electrons. The zero-order valence-corrected chi connectivity index (χ0v) is 12.2. The Bertz CT molecular complexity index is 284. The molecule has 0 spiro atoms. The average Bonchev–Trinajstić information content (AvgIpc) is 2.01. The van der Waals surface area contributed by atoms with E-state index in [2.05, 4.69) is 51.8 Å². The zero-order valence-electron chi connectivity index (χ0n) is 11.2. The molecular formula is C13H24OSi. The van der Waals surface area contributed by atoms with E-state index in [4.69, 9.17) is 4.43 Å². The molecule has 0 saturated carbocycles. The molecule has 0 aromatic heterocycles. The van der Waals surface area contributed by atoms with Crippen LogP contribution in [0.4, 0.5) is 0 Å². The molecule has 0 bridgehead atoms. The van der Waals surface area contributed by atoms with Gasteiger partial charge < -0.3 is 4.43 Å². The fourth-order valence-electron chi connectivity index (χ4n) is 0.840. The van der Waals surface area contributed by atoms with Crippen molar-refractivity contribution in [3.63, 3.8) is 0 Å².